The molecule has 0 heterocycles. The molecule has 0 aliphatic heterocycles. The molecular weight excluding hydrogens is 196 g/mol. The fourth-order valence-electron chi connectivity index (χ4n) is 1.85. The van der Waals surface area contributed by atoms with E-state index in [0.29, 0.717) is 11.3 Å². The van der Waals surface area contributed by atoms with Crippen LogP contribution in [0.5, 0.6) is 0 Å². The van der Waals surface area contributed by atoms with Crippen molar-refractivity contribution in [3.05, 3.63) is 12.3 Å². The topological polar surface area (TPSA) is 15.6 Å². The second kappa shape index (κ2) is 5.03. The molecule has 0 fully saturated rings. The summed E-state index contributed by atoms with van der Waals surface area (Å²) >= 11 is 0. The van der Waals surface area contributed by atoms with Gasteiger partial charge in [0.25, 0.3) is 0 Å². The van der Waals surface area contributed by atoms with E-state index in [1.54, 1.807) is 5.01 Å². The molecule has 0 saturated heterocycles. The Hall–Kier alpha value is -0.790. The van der Waals surface area contributed by atoms with Gasteiger partial charge in [-0.05, 0) is 17.3 Å². The lowest BCUT2D eigenvalue weighted by atomic mass is 9.71. The van der Waals surface area contributed by atoms with Gasteiger partial charge in [-0.2, -0.15) is 5.10 Å². The van der Waals surface area contributed by atoms with Crippen LogP contribution in [0.1, 0.15) is 48.0 Å². The monoisotopic (exact) mass is 224 g/mol. The molecule has 0 aliphatic carbocycles. The zero-order valence-corrected chi connectivity index (χ0v) is 12.1. The van der Waals surface area contributed by atoms with E-state index < -0.39 is 0 Å². The molecule has 1 unspecified atom stereocenters. The molecule has 0 aromatic rings. The Morgan fingerprint density at radius 3 is 1.88 bits per heavy atom. The van der Waals surface area contributed by atoms with Crippen LogP contribution in [0, 0.1) is 16.7 Å². The molecule has 0 bridgehead atoms. The summed E-state index contributed by atoms with van der Waals surface area (Å²) in [7, 11) is 1.91. The maximum absolute atomic E-state index is 4.17. The summed E-state index contributed by atoms with van der Waals surface area (Å²) in [5.74, 6) is 0.419. The average Bonchev–Trinajstić information content (AvgIpc) is 2.08. The molecule has 2 nitrogen and oxygen atoms in total. The second-order valence-electron chi connectivity index (χ2n) is 6.84. The van der Waals surface area contributed by atoms with Crippen LogP contribution < -0.4 is 0 Å². The van der Waals surface area contributed by atoms with Crippen LogP contribution in [-0.4, -0.2) is 18.8 Å². The average molecular weight is 224 g/mol. The number of rotatable bonds is 4. The van der Waals surface area contributed by atoms with Gasteiger partial charge in [-0.15, -0.1) is 0 Å². The van der Waals surface area contributed by atoms with Crippen LogP contribution in [0.25, 0.3) is 0 Å². The zero-order valence-electron chi connectivity index (χ0n) is 12.1. The van der Waals surface area contributed by atoms with Crippen molar-refractivity contribution in [3.63, 3.8) is 0 Å². The van der Waals surface area contributed by atoms with Crippen LogP contribution in [0.3, 0.4) is 0 Å². The first-order valence-electron chi connectivity index (χ1n) is 5.88. The lowest BCUT2D eigenvalue weighted by molar-refractivity contribution is 0.165. The van der Waals surface area contributed by atoms with Gasteiger partial charge >= 0.3 is 0 Å². The molecule has 0 radical (unpaired) electrons. The van der Waals surface area contributed by atoms with E-state index in [1.807, 2.05) is 7.05 Å². The highest BCUT2D eigenvalue weighted by molar-refractivity contribution is 5.23. The van der Waals surface area contributed by atoms with Gasteiger partial charge in [0.2, 0.25) is 0 Å². The Labute approximate surface area is 101 Å². The molecule has 0 aromatic carbocycles. The third kappa shape index (κ3) is 4.82. The molecule has 94 valence electrons. The van der Waals surface area contributed by atoms with Gasteiger partial charge in [0.1, 0.15) is 0 Å². The first-order chi connectivity index (χ1) is 6.99. The van der Waals surface area contributed by atoms with Crippen LogP contribution in [0.15, 0.2) is 17.4 Å². The number of hydrogen-bond donors (Lipinski definition) is 0. The summed E-state index contributed by atoms with van der Waals surface area (Å²) in [6.45, 7) is 21.3. The Balaban J connectivity index is 4.97. The molecule has 1 atom stereocenters. The van der Waals surface area contributed by atoms with Gasteiger partial charge in [-0.25, -0.2) is 0 Å². The Kier molecular flexibility index (Phi) is 4.78. The van der Waals surface area contributed by atoms with Crippen molar-refractivity contribution < 1.29 is 0 Å². The summed E-state index contributed by atoms with van der Waals surface area (Å²) in [5.41, 5.74) is 1.55. The fourth-order valence-corrected chi connectivity index (χ4v) is 1.85. The number of hydrazone groups is 1. The summed E-state index contributed by atoms with van der Waals surface area (Å²) in [5, 5.41) is 5.73. The maximum Gasteiger partial charge on any atom is 0.0329 e. The van der Waals surface area contributed by atoms with Gasteiger partial charge in [-0.3, -0.25) is 5.01 Å². The van der Waals surface area contributed by atoms with E-state index in [2.05, 4.69) is 59.9 Å². The van der Waals surface area contributed by atoms with Crippen LogP contribution in [0.4, 0.5) is 0 Å². The highest BCUT2D eigenvalue weighted by Crippen LogP contribution is 2.40. The predicted octanol–water partition coefficient (Wildman–Crippen LogP) is 4.15. The largest absolute Gasteiger partial charge is 0.274 e. The van der Waals surface area contributed by atoms with Gasteiger partial charge in [0.15, 0.2) is 0 Å². The van der Waals surface area contributed by atoms with Crippen molar-refractivity contribution in [1.82, 2.24) is 5.01 Å². The molecule has 0 aliphatic rings. The molecule has 2 heteroatoms. The van der Waals surface area contributed by atoms with Gasteiger partial charge in [0, 0.05) is 25.4 Å². The third-order valence-electron chi connectivity index (χ3n) is 2.89. The molecule has 0 rings (SSSR count). The highest BCUT2D eigenvalue weighted by atomic mass is 15.4. The lowest BCUT2D eigenvalue weighted by Gasteiger charge is -2.38. The SMILES string of the molecule is C=NN(C)C(=C)C(CC(C)(C)C)C(C)(C)C. The molecule has 0 N–H and O–H groups in total. The van der Waals surface area contributed by atoms with Crippen molar-refractivity contribution in [3.8, 4) is 0 Å². The summed E-state index contributed by atoms with van der Waals surface area (Å²) < 4.78 is 0. The van der Waals surface area contributed by atoms with Crippen LogP contribution >= 0.6 is 0 Å². The minimum Gasteiger partial charge on any atom is -0.274 e. The summed E-state index contributed by atoms with van der Waals surface area (Å²) in [4.78, 5) is 0. The predicted molar refractivity (Wildman–Crippen MR) is 73.5 cm³/mol. The number of allylic oxidation sites excluding steroid dienone is 1. The molecular formula is C14H28N2. The van der Waals surface area contributed by atoms with Gasteiger partial charge < -0.3 is 0 Å². The summed E-state index contributed by atoms with van der Waals surface area (Å²) in [6, 6.07) is 0. The van der Waals surface area contributed by atoms with Crippen molar-refractivity contribution in [1.29, 1.82) is 0 Å². The van der Waals surface area contributed by atoms with Crippen molar-refractivity contribution in [2.45, 2.75) is 48.0 Å². The Morgan fingerprint density at radius 2 is 1.62 bits per heavy atom. The minimum atomic E-state index is 0.198. The van der Waals surface area contributed by atoms with E-state index in [1.165, 1.54) is 0 Å². The number of nitrogens with zero attached hydrogens (tertiary/aromatic N) is 2. The fraction of sp³-hybridized carbons (Fsp3) is 0.786. The first-order valence-corrected chi connectivity index (χ1v) is 5.88. The first kappa shape index (κ1) is 15.2. The molecule has 0 amide bonds. The number of hydrogen-bond acceptors (Lipinski definition) is 2. The normalized spacial score (nSPS) is 14.4. The van der Waals surface area contributed by atoms with Crippen LogP contribution in [-0.2, 0) is 0 Å². The van der Waals surface area contributed by atoms with Crippen molar-refractivity contribution in [2.75, 3.05) is 7.05 Å². The standard InChI is InChI=1S/C14H28N2/c1-11(16(9)15-8)12(14(5,6)7)10-13(2,3)4/h12H,1,8,10H2,2-7,9H3. The smallest absolute Gasteiger partial charge is 0.0329 e. The second-order valence-corrected chi connectivity index (χ2v) is 6.84. The zero-order chi connectivity index (χ0) is 13.1. The molecule has 0 aromatic heterocycles. The lowest BCUT2D eigenvalue weighted by Crippen LogP contribution is -2.31. The third-order valence-corrected chi connectivity index (χ3v) is 2.89. The van der Waals surface area contributed by atoms with Crippen molar-refractivity contribution in [2.24, 2.45) is 21.8 Å². The maximum atomic E-state index is 4.17. The van der Waals surface area contributed by atoms with E-state index in [9.17, 15) is 0 Å². The quantitative estimate of drug-likeness (QED) is 0.517. The van der Waals surface area contributed by atoms with E-state index in [-0.39, 0.29) is 5.41 Å². The summed E-state index contributed by atoms with van der Waals surface area (Å²) in [6.07, 6.45) is 1.11. The molecule has 0 saturated carbocycles. The van der Waals surface area contributed by atoms with E-state index in [4.69, 9.17) is 0 Å². The Morgan fingerprint density at radius 1 is 1.19 bits per heavy atom. The Bertz CT molecular complexity index is 253. The van der Waals surface area contributed by atoms with Crippen LogP contribution in [0.2, 0.25) is 0 Å². The van der Waals surface area contributed by atoms with E-state index in [0.717, 1.165) is 12.1 Å². The van der Waals surface area contributed by atoms with Crippen molar-refractivity contribution >= 4 is 6.72 Å². The highest BCUT2D eigenvalue weighted by Gasteiger charge is 2.32. The molecule has 16 heavy (non-hydrogen) atoms. The van der Waals surface area contributed by atoms with E-state index >= 15 is 0 Å². The molecule has 0 spiro atoms. The van der Waals surface area contributed by atoms with Gasteiger partial charge in [0.05, 0.1) is 0 Å². The van der Waals surface area contributed by atoms with Gasteiger partial charge in [-0.1, -0.05) is 48.1 Å². The minimum absolute atomic E-state index is 0.198.